The molecule has 19 nitrogen and oxygen atoms in total. The largest absolute Gasteiger partial charge is 0.394 e. The van der Waals surface area contributed by atoms with Crippen LogP contribution in [0.2, 0.25) is 0 Å². The van der Waals surface area contributed by atoms with E-state index in [0.717, 1.165) is 70.6 Å². The molecule has 19 heteroatoms. The molecule has 3 heterocycles. The Hall–Kier alpha value is -2.25. The number of hydrogen-bond donors (Lipinski definition) is 12. The fourth-order valence-corrected chi connectivity index (χ4v) is 10.4. The number of allylic oxidation sites excluding steroid dienone is 7. The average molecular weight is 1160 g/mol. The molecule has 0 spiro atoms. The fourth-order valence-electron chi connectivity index (χ4n) is 10.4. The minimum absolute atomic E-state index is 0.220. The van der Waals surface area contributed by atoms with Crippen molar-refractivity contribution in [3.63, 3.8) is 0 Å². The van der Waals surface area contributed by atoms with Crippen molar-refractivity contribution in [2.45, 2.75) is 311 Å². The second-order valence-electron chi connectivity index (χ2n) is 22.5. The number of unbranched alkanes of at least 4 members (excludes halogenated alkanes) is 24. The number of rotatable bonds is 46. The highest BCUT2D eigenvalue weighted by molar-refractivity contribution is 5.76. The van der Waals surface area contributed by atoms with Gasteiger partial charge in [0.05, 0.1) is 38.6 Å². The summed E-state index contributed by atoms with van der Waals surface area (Å²) in [7, 11) is 0. The number of ether oxygens (including phenoxy) is 6. The number of nitrogens with one attached hydrogen (secondary N) is 1. The zero-order valence-corrected chi connectivity index (χ0v) is 49.3. The van der Waals surface area contributed by atoms with Crippen molar-refractivity contribution in [3.05, 3.63) is 48.6 Å². The van der Waals surface area contributed by atoms with Crippen LogP contribution in [0.25, 0.3) is 0 Å². The first-order chi connectivity index (χ1) is 39.3. The van der Waals surface area contributed by atoms with Gasteiger partial charge in [0.15, 0.2) is 18.9 Å². The number of hydrogen-bond acceptors (Lipinski definition) is 18. The van der Waals surface area contributed by atoms with E-state index in [9.17, 15) is 61.0 Å². The van der Waals surface area contributed by atoms with Gasteiger partial charge in [-0.2, -0.15) is 0 Å². The van der Waals surface area contributed by atoms with Gasteiger partial charge in [-0.25, -0.2) is 0 Å². The van der Waals surface area contributed by atoms with E-state index < -0.39 is 124 Å². The Kier molecular flexibility index (Phi) is 40.7. The third kappa shape index (κ3) is 28.7. The first-order valence-corrected chi connectivity index (χ1v) is 31.4. The molecule has 12 N–H and O–H groups in total. The van der Waals surface area contributed by atoms with Crippen molar-refractivity contribution >= 4 is 5.91 Å². The van der Waals surface area contributed by atoms with Gasteiger partial charge in [0.25, 0.3) is 0 Å². The van der Waals surface area contributed by atoms with Crippen LogP contribution >= 0.6 is 0 Å². The van der Waals surface area contributed by atoms with Gasteiger partial charge in [-0.3, -0.25) is 4.79 Å². The summed E-state index contributed by atoms with van der Waals surface area (Å²) in [6.07, 6.45) is 24.1. The van der Waals surface area contributed by atoms with Crippen molar-refractivity contribution in [1.29, 1.82) is 0 Å². The molecule has 472 valence electrons. The lowest BCUT2D eigenvalue weighted by Gasteiger charge is -2.48. The molecular weight excluding hydrogens is 1050 g/mol. The van der Waals surface area contributed by atoms with Gasteiger partial charge in [-0.1, -0.05) is 184 Å². The molecular formula is C62H111NO18. The van der Waals surface area contributed by atoms with E-state index >= 15 is 0 Å². The zero-order chi connectivity index (χ0) is 59.0. The maximum atomic E-state index is 13.3. The summed E-state index contributed by atoms with van der Waals surface area (Å²) in [5, 5.41) is 120. The van der Waals surface area contributed by atoms with Gasteiger partial charge in [-0.05, 0) is 64.2 Å². The van der Waals surface area contributed by atoms with Crippen molar-refractivity contribution in [2.24, 2.45) is 0 Å². The lowest BCUT2D eigenvalue weighted by atomic mass is 9.96. The number of aliphatic hydroxyl groups excluding tert-OH is 11. The van der Waals surface area contributed by atoms with E-state index in [2.05, 4.69) is 55.6 Å². The molecule has 0 aromatic carbocycles. The Morgan fingerprint density at radius 3 is 1.28 bits per heavy atom. The van der Waals surface area contributed by atoms with Crippen molar-refractivity contribution in [2.75, 3.05) is 26.4 Å². The van der Waals surface area contributed by atoms with Crippen molar-refractivity contribution in [1.82, 2.24) is 5.32 Å². The van der Waals surface area contributed by atoms with E-state index in [-0.39, 0.29) is 18.9 Å². The zero-order valence-electron chi connectivity index (χ0n) is 49.3. The predicted octanol–water partition coefficient (Wildman–Crippen LogP) is 6.26. The van der Waals surface area contributed by atoms with Gasteiger partial charge < -0.3 is 89.9 Å². The molecule has 0 aromatic rings. The van der Waals surface area contributed by atoms with E-state index in [1.807, 2.05) is 6.08 Å². The second-order valence-corrected chi connectivity index (χ2v) is 22.5. The summed E-state index contributed by atoms with van der Waals surface area (Å²) in [5.74, 6) is -0.303. The highest BCUT2D eigenvalue weighted by Gasteiger charge is 2.53. The molecule has 17 atom stereocenters. The molecule has 0 saturated carbocycles. The van der Waals surface area contributed by atoms with Gasteiger partial charge in [0, 0.05) is 6.42 Å². The molecule has 0 aromatic heterocycles. The van der Waals surface area contributed by atoms with Gasteiger partial charge in [-0.15, -0.1) is 0 Å². The number of carbonyl (C=O) groups excluding carboxylic acids is 1. The Morgan fingerprint density at radius 2 is 0.815 bits per heavy atom. The molecule has 0 aliphatic carbocycles. The quantitative estimate of drug-likeness (QED) is 0.0236. The molecule has 81 heavy (non-hydrogen) atoms. The van der Waals surface area contributed by atoms with Gasteiger partial charge in [0.1, 0.15) is 73.2 Å². The Balaban J connectivity index is 1.46. The van der Waals surface area contributed by atoms with Crippen LogP contribution in [0.3, 0.4) is 0 Å². The SMILES string of the molecule is CCC/C=C\CCCCCCCC(=O)NC(COC1OC(CO)C(OC2OC(CO)C(OC3OC(CO)C(O)C(O)C3O)C(O)C2O)C(O)C1O)C(O)/C=C/CC/C=C/CC/C=C/CCCCCCCCCCCCCCCCCC. The average Bonchev–Trinajstić information content (AvgIpc) is 3.48. The number of amides is 1. The lowest BCUT2D eigenvalue weighted by Crippen LogP contribution is -2.66. The molecule has 0 radical (unpaired) electrons. The van der Waals surface area contributed by atoms with Crippen LogP contribution in [-0.2, 0) is 33.2 Å². The monoisotopic (exact) mass is 1160 g/mol. The highest BCUT2D eigenvalue weighted by Crippen LogP contribution is 2.33. The summed E-state index contributed by atoms with van der Waals surface area (Å²) in [5.41, 5.74) is 0. The van der Waals surface area contributed by atoms with Crippen LogP contribution in [0, 0.1) is 0 Å². The number of aliphatic hydroxyl groups is 11. The van der Waals surface area contributed by atoms with Crippen LogP contribution in [0.5, 0.6) is 0 Å². The van der Waals surface area contributed by atoms with Gasteiger partial charge in [0.2, 0.25) is 5.91 Å². The maximum Gasteiger partial charge on any atom is 0.220 e. The van der Waals surface area contributed by atoms with E-state index in [4.69, 9.17) is 28.4 Å². The van der Waals surface area contributed by atoms with Crippen LogP contribution in [0.15, 0.2) is 48.6 Å². The summed E-state index contributed by atoms with van der Waals surface area (Å²) >= 11 is 0. The summed E-state index contributed by atoms with van der Waals surface area (Å²) in [6, 6.07) is -1.000. The van der Waals surface area contributed by atoms with E-state index in [0.29, 0.717) is 12.8 Å². The number of carbonyl (C=O) groups is 1. The molecule has 17 unspecified atom stereocenters. The normalized spacial score (nSPS) is 30.1. The summed E-state index contributed by atoms with van der Waals surface area (Å²) in [4.78, 5) is 13.3. The van der Waals surface area contributed by atoms with E-state index in [1.54, 1.807) is 6.08 Å². The fraction of sp³-hybridized carbons (Fsp3) is 0.855. The third-order valence-electron chi connectivity index (χ3n) is 15.6. The molecule has 3 rings (SSSR count). The van der Waals surface area contributed by atoms with Crippen LogP contribution < -0.4 is 5.32 Å². The first-order valence-electron chi connectivity index (χ1n) is 31.4. The standard InChI is InChI=1S/C62H111NO18/c1-3-5-7-9-11-13-15-16-17-18-19-20-21-22-23-24-25-26-27-28-29-30-31-33-35-37-39-46(67)45(63-50(68)40-38-36-34-32-14-12-10-8-6-4-2)44-76-60-56(74)53(71)58(48(42-65)78-60)81-62-57(75)54(72)59(49(43-66)79-62)80-61-55(73)52(70)51(69)47(41-64)77-61/h8,10,26-27,30-31,37,39,45-49,51-62,64-67,69-75H,3-7,9,11-25,28-29,32-36,38,40-44H2,1-2H3,(H,63,68)/b10-8-,27-26+,31-30+,39-37+. The van der Waals surface area contributed by atoms with Gasteiger partial charge >= 0.3 is 0 Å². The Bertz CT molecular complexity index is 1670. The molecule has 1 amide bonds. The highest BCUT2D eigenvalue weighted by atomic mass is 16.8. The molecule has 3 saturated heterocycles. The van der Waals surface area contributed by atoms with Crippen molar-refractivity contribution in [3.8, 4) is 0 Å². The molecule has 0 bridgehead atoms. The summed E-state index contributed by atoms with van der Waals surface area (Å²) < 4.78 is 34.2. The lowest BCUT2D eigenvalue weighted by molar-refractivity contribution is -0.379. The third-order valence-corrected chi connectivity index (χ3v) is 15.6. The summed E-state index contributed by atoms with van der Waals surface area (Å²) in [6.45, 7) is 1.61. The Labute approximate surface area is 484 Å². The van der Waals surface area contributed by atoms with Crippen LogP contribution in [-0.4, -0.2) is 193 Å². The molecule has 3 fully saturated rings. The topological polar surface area (TPSA) is 307 Å². The molecule has 3 aliphatic heterocycles. The minimum atomic E-state index is -1.98. The minimum Gasteiger partial charge on any atom is -0.394 e. The predicted molar refractivity (Wildman–Crippen MR) is 309 cm³/mol. The second kappa shape index (κ2) is 45.1. The first kappa shape index (κ1) is 73.0. The van der Waals surface area contributed by atoms with Crippen molar-refractivity contribution < 1.29 is 89.4 Å². The maximum absolute atomic E-state index is 13.3. The van der Waals surface area contributed by atoms with Crippen LogP contribution in [0.1, 0.15) is 206 Å². The smallest absolute Gasteiger partial charge is 0.220 e. The van der Waals surface area contributed by atoms with Crippen LogP contribution in [0.4, 0.5) is 0 Å². The van der Waals surface area contributed by atoms with E-state index in [1.165, 1.54) is 103 Å². The Morgan fingerprint density at radius 1 is 0.432 bits per heavy atom. The molecule has 3 aliphatic rings.